The fourth-order valence-corrected chi connectivity index (χ4v) is 8.95. The minimum Gasteiger partial charge on any atom is -0.456 e. The van der Waals surface area contributed by atoms with Crippen molar-refractivity contribution in [3.05, 3.63) is 229 Å². The van der Waals surface area contributed by atoms with Crippen molar-refractivity contribution < 1.29 is 8.83 Å². The summed E-state index contributed by atoms with van der Waals surface area (Å²) in [5, 5.41) is 9.19. The van der Waals surface area contributed by atoms with Gasteiger partial charge in [0.1, 0.15) is 34.3 Å². The second-order valence-electron chi connectivity index (χ2n) is 15.6. The summed E-state index contributed by atoms with van der Waals surface area (Å²) < 4.78 is 13.4. The van der Waals surface area contributed by atoms with Crippen molar-refractivity contribution in [3.8, 4) is 22.3 Å². The van der Waals surface area contributed by atoms with Gasteiger partial charge in [0, 0.05) is 38.8 Å². The SMILES string of the molecule is c1ccc(-c2ccc(N(c3ccccc3)c3cccc(-c4cc(C5=Nc6c(oc7ccccc67)C(c6ccccc6)N5)c5c(c4)oc4cc6ccccc6cc45)c3)cc2)cc1. The van der Waals surface area contributed by atoms with Gasteiger partial charge in [0.2, 0.25) is 0 Å². The van der Waals surface area contributed by atoms with Crippen LogP contribution in [0.4, 0.5) is 22.7 Å². The minimum atomic E-state index is -0.259. The van der Waals surface area contributed by atoms with Gasteiger partial charge in [-0.15, -0.1) is 0 Å². The lowest BCUT2D eigenvalue weighted by atomic mass is 9.95. The molecule has 0 saturated heterocycles. The molecule has 0 radical (unpaired) electrons. The molecule has 0 saturated carbocycles. The van der Waals surface area contributed by atoms with Crippen LogP contribution in [0.15, 0.2) is 226 Å². The highest BCUT2D eigenvalue weighted by atomic mass is 16.3. The zero-order chi connectivity index (χ0) is 40.3. The molecule has 11 aromatic rings. The van der Waals surface area contributed by atoms with Crippen molar-refractivity contribution in [3.63, 3.8) is 0 Å². The summed E-state index contributed by atoms with van der Waals surface area (Å²) in [4.78, 5) is 7.74. The molecule has 3 heterocycles. The lowest BCUT2D eigenvalue weighted by Crippen LogP contribution is -2.32. The van der Waals surface area contributed by atoms with E-state index in [1.807, 2.05) is 24.3 Å². The molecule has 5 heteroatoms. The fourth-order valence-electron chi connectivity index (χ4n) is 8.95. The normalized spacial score (nSPS) is 13.6. The van der Waals surface area contributed by atoms with Gasteiger partial charge in [-0.25, -0.2) is 4.99 Å². The van der Waals surface area contributed by atoms with E-state index in [0.717, 1.165) is 100 Å². The lowest BCUT2D eigenvalue weighted by Gasteiger charge is -2.26. The first-order valence-electron chi connectivity index (χ1n) is 20.6. The maximum atomic E-state index is 6.84. The molecule has 2 aromatic heterocycles. The fraction of sp³-hybridized carbons (Fsp3) is 0.0179. The first-order valence-corrected chi connectivity index (χ1v) is 20.6. The van der Waals surface area contributed by atoms with E-state index in [9.17, 15) is 0 Å². The number of para-hydroxylation sites is 2. The molecule has 9 aromatic carbocycles. The topological polar surface area (TPSA) is 53.9 Å². The molecule has 1 aliphatic heterocycles. The Morgan fingerprint density at radius 1 is 0.426 bits per heavy atom. The summed E-state index contributed by atoms with van der Waals surface area (Å²) in [6.07, 6.45) is 0. The Labute approximate surface area is 352 Å². The van der Waals surface area contributed by atoms with Crippen LogP contribution in [-0.4, -0.2) is 5.84 Å². The molecule has 0 fully saturated rings. The Morgan fingerprint density at radius 3 is 1.87 bits per heavy atom. The van der Waals surface area contributed by atoms with E-state index < -0.39 is 0 Å². The molecule has 0 aliphatic carbocycles. The Hall–Kier alpha value is -8.15. The Bertz CT molecular complexity index is 3440. The van der Waals surface area contributed by atoms with Crippen LogP contribution in [0.5, 0.6) is 0 Å². The molecule has 1 N–H and O–H groups in total. The third kappa shape index (κ3) is 6.06. The molecule has 1 atom stereocenters. The summed E-state index contributed by atoms with van der Waals surface area (Å²) in [5.74, 6) is 1.56. The number of hydrogen-bond donors (Lipinski definition) is 1. The van der Waals surface area contributed by atoms with Gasteiger partial charge in [-0.3, -0.25) is 0 Å². The largest absolute Gasteiger partial charge is 0.456 e. The molecule has 288 valence electrons. The van der Waals surface area contributed by atoms with E-state index in [1.165, 1.54) is 11.1 Å². The molecule has 1 aliphatic rings. The minimum absolute atomic E-state index is 0.259. The van der Waals surface area contributed by atoms with Crippen LogP contribution in [0.1, 0.15) is 22.9 Å². The highest BCUT2D eigenvalue weighted by Crippen LogP contribution is 2.45. The number of fused-ring (bicyclic) bond motifs is 7. The standard InChI is InChI=1S/C56H37N3O2/c1-4-15-36(16-5-1)37-27-29-44(30-28-37)59(43-22-8-3-9-23-43)45-24-14-21-39(31-45)42-33-48(52-47-32-40-19-10-11-20-41(40)34-50(47)60-51(52)35-42)56-57-53(38-17-6-2-7-18-38)55-54(58-56)46-25-12-13-26-49(46)61-55/h1-35,53H,(H,57,58). The molecule has 0 bridgehead atoms. The summed E-state index contributed by atoms with van der Waals surface area (Å²) >= 11 is 0. The number of anilines is 3. The molecule has 0 spiro atoms. The number of nitrogens with zero attached hydrogens (tertiary/aromatic N) is 2. The maximum Gasteiger partial charge on any atom is 0.157 e. The van der Waals surface area contributed by atoms with Crippen LogP contribution in [-0.2, 0) is 0 Å². The average Bonchev–Trinajstić information content (AvgIpc) is 3.89. The summed E-state index contributed by atoms with van der Waals surface area (Å²) in [6.45, 7) is 0. The van der Waals surface area contributed by atoms with Gasteiger partial charge in [-0.2, -0.15) is 0 Å². The number of nitrogens with one attached hydrogen (secondary N) is 1. The Kier molecular flexibility index (Phi) is 8.17. The number of rotatable bonds is 7. The van der Waals surface area contributed by atoms with Gasteiger partial charge in [-0.1, -0.05) is 140 Å². The van der Waals surface area contributed by atoms with Crippen LogP contribution in [0.2, 0.25) is 0 Å². The summed E-state index contributed by atoms with van der Waals surface area (Å²) in [5.41, 5.74) is 13.0. The van der Waals surface area contributed by atoms with Crippen LogP contribution in [0.25, 0.3) is 65.9 Å². The third-order valence-corrected chi connectivity index (χ3v) is 11.9. The van der Waals surface area contributed by atoms with Crippen molar-refractivity contribution in [2.75, 3.05) is 4.90 Å². The summed E-state index contributed by atoms with van der Waals surface area (Å²) in [6, 6.07) is 74.3. The van der Waals surface area contributed by atoms with E-state index >= 15 is 0 Å². The summed E-state index contributed by atoms with van der Waals surface area (Å²) in [7, 11) is 0. The zero-order valence-electron chi connectivity index (χ0n) is 33.0. The third-order valence-electron chi connectivity index (χ3n) is 11.9. The van der Waals surface area contributed by atoms with Gasteiger partial charge >= 0.3 is 0 Å². The van der Waals surface area contributed by atoms with Crippen LogP contribution in [0.3, 0.4) is 0 Å². The van der Waals surface area contributed by atoms with Crippen molar-refractivity contribution >= 4 is 72.3 Å². The molecule has 5 nitrogen and oxygen atoms in total. The second kappa shape index (κ2) is 14.3. The van der Waals surface area contributed by atoms with E-state index in [4.69, 9.17) is 13.8 Å². The number of hydrogen-bond acceptors (Lipinski definition) is 5. The van der Waals surface area contributed by atoms with Gasteiger partial charge < -0.3 is 19.1 Å². The van der Waals surface area contributed by atoms with Gasteiger partial charge in [0.05, 0.1) is 0 Å². The van der Waals surface area contributed by atoms with Crippen molar-refractivity contribution in [2.24, 2.45) is 4.99 Å². The lowest BCUT2D eigenvalue weighted by molar-refractivity contribution is 0.504. The number of benzene rings is 9. The molecule has 0 amide bonds. The van der Waals surface area contributed by atoms with Gasteiger partial charge in [0.15, 0.2) is 5.76 Å². The van der Waals surface area contributed by atoms with Crippen molar-refractivity contribution in [1.29, 1.82) is 0 Å². The predicted octanol–water partition coefficient (Wildman–Crippen LogP) is 15.1. The molecular weight excluding hydrogens is 747 g/mol. The van der Waals surface area contributed by atoms with E-state index in [0.29, 0.717) is 0 Å². The smallest absolute Gasteiger partial charge is 0.157 e. The van der Waals surface area contributed by atoms with Gasteiger partial charge in [-0.05, 0) is 111 Å². The highest BCUT2D eigenvalue weighted by Gasteiger charge is 2.31. The van der Waals surface area contributed by atoms with Crippen LogP contribution >= 0.6 is 0 Å². The Morgan fingerprint density at radius 2 is 1.07 bits per heavy atom. The van der Waals surface area contributed by atoms with Crippen molar-refractivity contribution in [1.82, 2.24) is 5.32 Å². The van der Waals surface area contributed by atoms with E-state index in [1.54, 1.807) is 0 Å². The first-order chi connectivity index (χ1) is 30.2. The highest BCUT2D eigenvalue weighted by molar-refractivity contribution is 6.21. The molecular formula is C56H37N3O2. The number of furan rings is 2. The quantitative estimate of drug-likeness (QED) is 0.175. The molecule has 12 rings (SSSR count). The molecule has 1 unspecified atom stereocenters. The van der Waals surface area contributed by atoms with Crippen LogP contribution < -0.4 is 10.2 Å². The average molecular weight is 784 g/mol. The predicted molar refractivity (Wildman–Crippen MR) is 251 cm³/mol. The van der Waals surface area contributed by atoms with E-state index in [-0.39, 0.29) is 6.04 Å². The van der Waals surface area contributed by atoms with Gasteiger partial charge in [0.25, 0.3) is 0 Å². The molecule has 61 heavy (non-hydrogen) atoms. The van der Waals surface area contributed by atoms with Crippen molar-refractivity contribution in [2.45, 2.75) is 6.04 Å². The first kappa shape index (κ1) is 34.9. The Balaban J connectivity index is 1.05. The monoisotopic (exact) mass is 783 g/mol. The second-order valence-corrected chi connectivity index (χ2v) is 15.6. The van der Waals surface area contributed by atoms with E-state index in [2.05, 4.69) is 198 Å². The zero-order valence-corrected chi connectivity index (χ0v) is 33.0. The number of amidine groups is 1. The van der Waals surface area contributed by atoms with Crippen LogP contribution in [0, 0.1) is 0 Å². The number of aliphatic imine (C=N–C) groups is 1. The maximum absolute atomic E-state index is 6.84.